The van der Waals surface area contributed by atoms with Crippen molar-refractivity contribution in [3.63, 3.8) is 0 Å². The highest BCUT2D eigenvalue weighted by Gasteiger charge is 2.39. The number of amides is 2. The quantitative estimate of drug-likeness (QED) is 0.584. The molecule has 1 aromatic carbocycles. The fourth-order valence-corrected chi connectivity index (χ4v) is 4.85. The Labute approximate surface area is 184 Å². The zero-order valence-electron chi connectivity index (χ0n) is 17.8. The summed E-state index contributed by atoms with van der Waals surface area (Å²) in [7, 11) is 0. The molecule has 3 N–H and O–H groups in total. The molecule has 0 radical (unpaired) electrons. The second-order valence-electron chi connectivity index (χ2n) is 8.69. The van der Waals surface area contributed by atoms with E-state index in [0.29, 0.717) is 25.3 Å². The summed E-state index contributed by atoms with van der Waals surface area (Å²) in [6.07, 6.45) is 2.32. The molecule has 1 saturated carbocycles. The summed E-state index contributed by atoms with van der Waals surface area (Å²) in [6.45, 7) is 3.75. The zero-order valence-corrected chi connectivity index (χ0v) is 17.8. The van der Waals surface area contributed by atoms with Crippen molar-refractivity contribution in [1.29, 1.82) is 0 Å². The van der Waals surface area contributed by atoms with Crippen LogP contribution in [0, 0.1) is 6.92 Å². The lowest BCUT2D eigenvalue weighted by Gasteiger charge is -2.40. The summed E-state index contributed by atoms with van der Waals surface area (Å²) in [6, 6.07) is 8.29. The van der Waals surface area contributed by atoms with Crippen molar-refractivity contribution < 1.29 is 14.3 Å². The van der Waals surface area contributed by atoms with Gasteiger partial charge in [0.1, 0.15) is 17.9 Å². The molecule has 32 heavy (non-hydrogen) atoms. The van der Waals surface area contributed by atoms with E-state index in [1.165, 1.54) is 0 Å². The predicted molar refractivity (Wildman–Crippen MR) is 119 cm³/mol. The van der Waals surface area contributed by atoms with E-state index in [9.17, 15) is 9.59 Å². The minimum Gasteiger partial charge on any atom is -0.448 e. The van der Waals surface area contributed by atoms with Gasteiger partial charge in [0.15, 0.2) is 0 Å². The summed E-state index contributed by atoms with van der Waals surface area (Å²) in [5, 5.41) is 6.40. The SMILES string of the molecule is Cc1nc2cccc(-c3cc4c([nH]3)CCNC4=O)c2nc1N[C@H]1C[C@H](N2CCOC2=O)C1. The third-order valence-corrected chi connectivity index (χ3v) is 6.65. The number of carbonyl (C=O) groups excluding carboxylic acids is 2. The summed E-state index contributed by atoms with van der Waals surface area (Å²) >= 11 is 0. The lowest BCUT2D eigenvalue weighted by Crippen LogP contribution is -2.50. The Hall–Kier alpha value is -3.62. The van der Waals surface area contributed by atoms with Gasteiger partial charge in [0.05, 0.1) is 23.3 Å². The van der Waals surface area contributed by atoms with Crippen molar-refractivity contribution in [2.24, 2.45) is 0 Å². The average molecular weight is 432 g/mol. The Morgan fingerprint density at radius 3 is 2.84 bits per heavy atom. The third kappa shape index (κ3) is 3.07. The Kier molecular flexibility index (Phi) is 4.31. The van der Waals surface area contributed by atoms with Crippen molar-refractivity contribution in [3.8, 4) is 11.3 Å². The highest BCUT2D eigenvalue weighted by atomic mass is 16.6. The monoisotopic (exact) mass is 432 g/mol. The van der Waals surface area contributed by atoms with Crippen LogP contribution in [0.1, 0.15) is 34.6 Å². The van der Waals surface area contributed by atoms with Crippen molar-refractivity contribution in [1.82, 2.24) is 25.2 Å². The van der Waals surface area contributed by atoms with E-state index in [2.05, 4.69) is 15.6 Å². The van der Waals surface area contributed by atoms with E-state index in [-0.39, 0.29) is 24.1 Å². The molecular weight excluding hydrogens is 408 g/mol. The number of aromatic amines is 1. The lowest BCUT2D eigenvalue weighted by molar-refractivity contribution is 0.0945. The van der Waals surface area contributed by atoms with Crippen molar-refractivity contribution in [3.05, 3.63) is 41.2 Å². The molecule has 9 nitrogen and oxygen atoms in total. The lowest BCUT2D eigenvalue weighted by atomic mass is 9.85. The van der Waals surface area contributed by atoms with Crippen LogP contribution in [0.4, 0.5) is 10.6 Å². The number of nitrogens with zero attached hydrogens (tertiary/aromatic N) is 3. The van der Waals surface area contributed by atoms with Crippen LogP contribution in [0.3, 0.4) is 0 Å². The fourth-order valence-electron chi connectivity index (χ4n) is 4.85. The average Bonchev–Trinajstić information content (AvgIpc) is 3.37. The van der Waals surface area contributed by atoms with Gasteiger partial charge in [-0.3, -0.25) is 4.79 Å². The van der Waals surface area contributed by atoms with E-state index in [0.717, 1.165) is 58.8 Å². The Bertz CT molecular complexity index is 1250. The van der Waals surface area contributed by atoms with Crippen molar-refractivity contribution >= 4 is 28.9 Å². The van der Waals surface area contributed by atoms with Crippen LogP contribution in [0.25, 0.3) is 22.3 Å². The summed E-state index contributed by atoms with van der Waals surface area (Å²) in [4.78, 5) is 38.9. The number of anilines is 1. The molecule has 164 valence electrons. The molecule has 6 rings (SSSR count). The van der Waals surface area contributed by atoms with Crippen LogP contribution < -0.4 is 10.6 Å². The molecule has 0 atom stereocenters. The topological polar surface area (TPSA) is 112 Å². The Balaban J connectivity index is 1.29. The number of ether oxygens (including phenoxy) is 1. The van der Waals surface area contributed by atoms with Gasteiger partial charge in [0.25, 0.3) is 5.91 Å². The molecular formula is C23H24N6O3. The van der Waals surface area contributed by atoms with Gasteiger partial charge in [-0.05, 0) is 31.9 Å². The van der Waals surface area contributed by atoms with Crippen LogP contribution in [0.5, 0.6) is 0 Å². The molecule has 3 aromatic rings. The number of fused-ring (bicyclic) bond motifs is 2. The maximum Gasteiger partial charge on any atom is 0.410 e. The highest BCUT2D eigenvalue weighted by Crippen LogP contribution is 2.33. The summed E-state index contributed by atoms with van der Waals surface area (Å²) in [5.74, 6) is 0.714. The zero-order chi connectivity index (χ0) is 21.8. The van der Waals surface area contributed by atoms with E-state index in [1.807, 2.05) is 36.1 Å². The van der Waals surface area contributed by atoms with E-state index in [1.54, 1.807) is 0 Å². The van der Waals surface area contributed by atoms with Crippen molar-refractivity contribution in [2.45, 2.75) is 38.3 Å². The number of carbonyl (C=O) groups is 2. The van der Waals surface area contributed by atoms with Gasteiger partial charge in [-0.1, -0.05) is 12.1 Å². The van der Waals surface area contributed by atoms with Gasteiger partial charge < -0.3 is 25.3 Å². The van der Waals surface area contributed by atoms with E-state index >= 15 is 0 Å². The van der Waals surface area contributed by atoms with Crippen LogP contribution >= 0.6 is 0 Å². The molecule has 2 amide bonds. The van der Waals surface area contributed by atoms with Crippen LogP contribution in [-0.2, 0) is 11.2 Å². The Morgan fingerprint density at radius 2 is 2.06 bits per heavy atom. The second kappa shape index (κ2) is 7.22. The molecule has 0 bridgehead atoms. The van der Waals surface area contributed by atoms with Crippen LogP contribution in [-0.4, -0.2) is 63.6 Å². The van der Waals surface area contributed by atoms with Gasteiger partial charge >= 0.3 is 6.09 Å². The minimum absolute atomic E-state index is 0.0420. The van der Waals surface area contributed by atoms with E-state index in [4.69, 9.17) is 14.7 Å². The molecule has 3 aliphatic rings. The third-order valence-electron chi connectivity index (χ3n) is 6.65. The number of para-hydroxylation sites is 1. The maximum absolute atomic E-state index is 12.2. The summed E-state index contributed by atoms with van der Waals surface area (Å²) < 4.78 is 5.05. The molecule has 0 spiro atoms. The van der Waals surface area contributed by atoms with Gasteiger partial charge in [0, 0.05) is 42.0 Å². The molecule has 1 saturated heterocycles. The number of H-pyrrole nitrogens is 1. The molecule has 2 aliphatic heterocycles. The number of aromatic nitrogens is 3. The summed E-state index contributed by atoms with van der Waals surface area (Å²) in [5.41, 5.74) is 5.89. The first kappa shape index (κ1) is 19.1. The van der Waals surface area contributed by atoms with Crippen LogP contribution in [0.15, 0.2) is 24.3 Å². The highest BCUT2D eigenvalue weighted by molar-refractivity contribution is 5.99. The largest absolute Gasteiger partial charge is 0.448 e. The first-order valence-corrected chi connectivity index (χ1v) is 11.0. The number of hydrogen-bond acceptors (Lipinski definition) is 6. The predicted octanol–water partition coefficient (Wildman–Crippen LogP) is 2.61. The first-order valence-electron chi connectivity index (χ1n) is 11.0. The Morgan fingerprint density at radius 1 is 1.19 bits per heavy atom. The van der Waals surface area contributed by atoms with Crippen LogP contribution in [0.2, 0.25) is 0 Å². The molecule has 1 aliphatic carbocycles. The van der Waals surface area contributed by atoms with Gasteiger partial charge in [-0.15, -0.1) is 0 Å². The standard InChI is InChI=1S/C23H24N6O3/c1-12-21(26-13-9-14(10-13)29-7-8-32-23(29)31)28-20-15(3-2-4-18(20)25-12)19-11-16-17(27-19)5-6-24-22(16)30/h2-4,11,13-14,27H,5-10H2,1H3,(H,24,30)(H,26,28)/t13-,14-. The molecule has 2 aromatic heterocycles. The number of aryl methyl sites for hydroxylation is 1. The smallest absolute Gasteiger partial charge is 0.410 e. The molecule has 0 unspecified atom stereocenters. The van der Waals surface area contributed by atoms with Gasteiger partial charge in [-0.2, -0.15) is 0 Å². The van der Waals surface area contributed by atoms with Crippen molar-refractivity contribution in [2.75, 3.05) is 25.0 Å². The number of cyclic esters (lactones) is 1. The number of benzene rings is 1. The maximum atomic E-state index is 12.2. The molecule has 2 fully saturated rings. The normalized spacial score (nSPS) is 22.3. The van der Waals surface area contributed by atoms with Gasteiger partial charge in [-0.25, -0.2) is 14.8 Å². The number of rotatable bonds is 4. The second-order valence-corrected chi connectivity index (χ2v) is 8.69. The van der Waals surface area contributed by atoms with Gasteiger partial charge in [0.2, 0.25) is 0 Å². The number of hydrogen-bond donors (Lipinski definition) is 3. The molecule has 4 heterocycles. The molecule has 9 heteroatoms. The first-order chi connectivity index (χ1) is 15.6. The number of nitrogens with one attached hydrogen (secondary N) is 3. The fraction of sp³-hybridized carbons (Fsp3) is 0.391. The minimum atomic E-state index is -0.206. The van der Waals surface area contributed by atoms with E-state index < -0.39 is 0 Å².